The quantitative estimate of drug-likeness (QED) is 0.124. The van der Waals surface area contributed by atoms with Crippen molar-refractivity contribution in [3.63, 3.8) is 0 Å². The van der Waals surface area contributed by atoms with Gasteiger partial charge in [-0.3, -0.25) is 14.4 Å². The first-order valence-corrected chi connectivity index (χ1v) is 13.6. The highest BCUT2D eigenvalue weighted by molar-refractivity contribution is 8.00. The van der Waals surface area contributed by atoms with Crippen LogP contribution in [0.4, 0.5) is 0 Å². The molecule has 41 heavy (non-hydrogen) atoms. The van der Waals surface area contributed by atoms with E-state index in [9.17, 15) is 14.4 Å². The van der Waals surface area contributed by atoms with Gasteiger partial charge in [-0.1, -0.05) is 30.3 Å². The Morgan fingerprint density at radius 2 is 1.17 bits per heavy atom. The molecule has 1 unspecified atom stereocenters. The number of ether oxygens (including phenoxy) is 6. The molecule has 0 aromatic heterocycles. The molecule has 3 aromatic rings. The van der Waals surface area contributed by atoms with Gasteiger partial charge >= 0.3 is 5.97 Å². The van der Waals surface area contributed by atoms with Gasteiger partial charge in [-0.2, -0.15) is 0 Å². The van der Waals surface area contributed by atoms with Gasteiger partial charge in [0.1, 0.15) is 11.9 Å². The number of esters is 1. The predicted octanol–water partition coefficient (Wildman–Crippen LogP) is 5.80. The molecule has 10 heteroatoms. The summed E-state index contributed by atoms with van der Waals surface area (Å²) in [5, 5.41) is -0.593. The summed E-state index contributed by atoms with van der Waals surface area (Å²) in [5.41, 5.74) is 1.54. The maximum absolute atomic E-state index is 13.2. The van der Waals surface area contributed by atoms with Crippen LogP contribution in [0.25, 0.3) is 0 Å². The van der Waals surface area contributed by atoms with E-state index in [1.165, 1.54) is 47.3 Å². The normalized spacial score (nSPS) is 11.3. The van der Waals surface area contributed by atoms with E-state index in [0.717, 1.165) is 5.56 Å². The largest absolute Gasteiger partial charge is 0.493 e. The highest BCUT2D eigenvalue weighted by Gasteiger charge is 2.23. The van der Waals surface area contributed by atoms with Crippen molar-refractivity contribution in [1.82, 2.24) is 0 Å². The van der Waals surface area contributed by atoms with Crippen LogP contribution in [-0.4, -0.2) is 58.3 Å². The summed E-state index contributed by atoms with van der Waals surface area (Å²) in [6.45, 7) is 1.87. The van der Waals surface area contributed by atoms with Gasteiger partial charge in [-0.25, -0.2) is 0 Å². The van der Waals surface area contributed by atoms with E-state index in [2.05, 4.69) is 0 Å². The number of benzene rings is 3. The molecule has 0 heterocycles. The molecule has 0 aliphatic heterocycles. The van der Waals surface area contributed by atoms with Crippen LogP contribution >= 0.6 is 11.8 Å². The molecule has 0 aliphatic carbocycles. The second-order valence-corrected chi connectivity index (χ2v) is 10.2. The predicted molar refractivity (Wildman–Crippen MR) is 155 cm³/mol. The lowest BCUT2D eigenvalue weighted by Crippen LogP contribution is -2.17. The van der Waals surface area contributed by atoms with Crippen molar-refractivity contribution < 1.29 is 42.8 Å². The fraction of sp³-hybridized carbons (Fsp3) is 0.323. The Labute approximate surface area is 244 Å². The number of methoxy groups -OCH3 is 5. The van der Waals surface area contributed by atoms with Gasteiger partial charge in [-0.05, 0) is 36.8 Å². The van der Waals surface area contributed by atoms with E-state index in [1.807, 2.05) is 30.3 Å². The Morgan fingerprint density at radius 3 is 1.66 bits per heavy atom. The van der Waals surface area contributed by atoms with E-state index in [-0.39, 0.29) is 31.0 Å². The molecule has 0 radical (unpaired) electrons. The number of hydrogen-bond acceptors (Lipinski definition) is 10. The Balaban J connectivity index is 1.75. The number of rotatable bonds is 15. The third-order valence-electron chi connectivity index (χ3n) is 6.19. The first-order valence-electron chi connectivity index (χ1n) is 12.8. The Kier molecular flexibility index (Phi) is 11.5. The fourth-order valence-corrected chi connectivity index (χ4v) is 5.05. The van der Waals surface area contributed by atoms with Crippen LogP contribution in [0.2, 0.25) is 0 Å². The number of Topliss-reactive ketones (excluding diaryl/α,β-unsaturated/α-hetero) is 2. The third-order valence-corrected chi connectivity index (χ3v) is 7.30. The van der Waals surface area contributed by atoms with Crippen LogP contribution < -0.4 is 23.7 Å². The zero-order valence-corrected chi connectivity index (χ0v) is 24.8. The summed E-state index contributed by atoms with van der Waals surface area (Å²) >= 11 is 1.19. The van der Waals surface area contributed by atoms with E-state index in [1.54, 1.807) is 31.2 Å². The molecule has 218 valence electrons. The van der Waals surface area contributed by atoms with Gasteiger partial charge in [0.15, 0.2) is 34.6 Å². The number of carbonyl (C=O) groups excluding carboxylic acids is 3. The van der Waals surface area contributed by atoms with Gasteiger partial charge in [0, 0.05) is 24.0 Å². The van der Waals surface area contributed by atoms with Gasteiger partial charge in [-0.15, -0.1) is 11.8 Å². The summed E-state index contributed by atoms with van der Waals surface area (Å²) < 4.78 is 32.4. The van der Waals surface area contributed by atoms with Crippen LogP contribution in [0, 0.1) is 0 Å². The summed E-state index contributed by atoms with van der Waals surface area (Å²) in [5.74, 6) is 0.852. The minimum absolute atomic E-state index is 0.0451. The Bertz CT molecular complexity index is 1350. The van der Waals surface area contributed by atoms with Crippen molar-refractivity contribution in [3.05, 3.63) is 71.3 Å². The zero-order valence-electron chi connectivity index (χ0n) is 24.0. The molecule has 9 nitrogen and oxygen atoms in total. The number of ketones is 2. The zero-order chi connectivity index (χ0) is 29.9. The van der Waals surface area contributed by atoms with Crippen LogP contribution in [0.15, 0.2) is 59.5 Å². The van der Waals surface area contributed by atoms with Gasteiger partial charge < -0.3 is 28.4 Å². The average Bonchev–Trinajstić information content (AvgIpc) is 3.01. The topological polar surface area (TPSA) is 107 Å². The maximum atomic E-state index is 13.2. The number of carbonyl (C=O) groups is 3. The van der Waals surface area contributed by atoms with Crippen molar-refractivity contribution in [2.24, 2.45) is 0 Å². The monoisotopic (exact) mass is 582 g/mol. The van der Waals surface area contributed by atoms with Crippen molar-refractivity contribution in [2.45, 2.75) is 36.5 Å². The van der Waals surface area contributed by atoms with Gasteiger partial charge in [0.05, 0.1) is 40.4 Å². The SMILES string of the molecule is COc1cc(C(=O)CCC(=O)c2cc(OC)c(OC)c(SC(C)C(=O)OCc3ccccc3)c2)cc(OC)c1OC. The maximum Gasteiger partial charge on any atom is 0.319 e. The molecule has 3 aromatic carbocycles. The second-order valence-electron chi connectivity index (χ2n) is 8.82. The molecule has 0 saturated heterocycles. The van der Waals surface area contributed by atoms with E-state index >= 15 is 0 Å². The van der Waals surface area contributed by atoms with Crippen LogP contribution in [-0.2, 0) is 16.1 Å². The minimum Gasteiger partial charge on any atom is -0.493 e. The smallest absolute Gasteiger partial charge is 0.319 e. The summed E-state index contributed by atoms with van der Waals surface area (Å²) in [6, 6.07) is 15.7. The number of hydrogen-bond donors (Lipinski definition) is 0. The van der Waals surface area contributed by atoms with Crippen molar-refractivity contribution in [1.29, 1.82) is 0 Å². The van der Waals surface area contributed by atoms with Crippen molar-refractivity contribution in [3.8, 4) is 28.7 Å². The van der Waals surface area contributed by atoms with E-state index in [0.29, 0.717) is 44.8 Å². The van der Waals surface area contributed by atoms with Crippen molar-refractivity contribution >= 4 is 29.3 Å². The molecule has 0 bridgehead atoms. The Hall–Kier alpha value is -4.18. The molecule has 0 spiro atoms. The third kappa shape index (κ3) is 7.94. The lowest BCUT2D eigenvalue weighted by molar-refractivity contribution is -0.143. The van der Waals surface area contributed by atoms with Gasteiger partial charge in [0.2, 0.25) is 5.75 Å². The summed E-state index contributed by atoms with van der Waals surface area (Å²) in [7, 11) is 7.35. The first-order chi connectivity index (χ1) is 19.8. The second kappa shape index (κ2) is 15.0. The Morgan fingerprint density at radius 1 is 0.683 bits per heavy atom. The first kappa shape index (κ1) is 31.3. The molecule has 0 saturated carbocycles. The molecule has 0 aliphatic rings. The summed E-state index contributed by atoms with van der Waals surface area (Å²) in [6.07, 6.45) is -0.0970. The van der Waals surface area contributed by atoms with Crippen LogP contribution in [0.1, 0.15) is 46.0 Å². The highest BCUT2D eigenvalue weighted by Crippen LogP contribution is 2.41. The lowest BCUT2D eigenvalue weighted by atomic mass is 10.0. The molecule has 0 fully saturated rings. The van der Waals surface area contributed by atoms with E-state index in [4.69, 9.17) is 28.4 Å². The molecular weight excluding hydrogens is 548 g/mol. The molecular formula is C31H34O9S. The standard InChI is InChI=1S/C31H34O9S/c1-19(31(34)40-18-20-10-8-7-9-11-20)41-28-17-22(16-27(37-4)30(28)39-6)24(33)13-12-23(32)21-14-25(35-2)29(38-5)26(15-21)36-3/h7-11,14-17,19H,12-13,18H2,1-6H3. The van der Waals surface area contributed by atoms with Crippen LogP contribution in [0.5, 0.6) is 28.7 Å². The van der Waals surface area contributed by atoms with E-state index < -0.39 is 11.2 Å². The van der Waals surface area contributed by atoms with Gasteiger partial charge in [0.25, 0.3) is 0 Å². The molecule has 1 atom stereocenters. The fourth-order valence-electron chi connectivity index (χ4n) is 4.02. The van der Waals surface area contributed by atoms with Crippen molar-refractivity contribution in [2.75, 3.05) is 35.5 Å². The molecule has 3 rings (SSSR count). The van der Waals surface area contributed by atoms with Crippen LogP contribution in [0.3, 0.4) is 0 Å². The average molecular weight is 583 g/mol. The minimum atomic E-state index is -0.593. The molecule has 0 amide bonds. The lowest BCUT2D eigenvalue weighted by Gasteiger charge is -2.17. The number of thioether (sulfide) groups is 1. The molecule has 0 N–H and O–H groups in total. The highest BCUT2D eigenvalue weighted by atomic mass is 32.2. The summed E-state index contributed by atoms with van der Waals surface area (Å²) in [4.78, 5) is 39.4.